The first-order chi connectivity index (χ1) is 11.9. The van der Waals surface area contributed by atoms with Crippen LogP contribution in [0.2, 0.25) is 0 Å². The van der Waals surface area contributed by atoms with Gasteiger partial charge in [0.15, 0.2) is 5.16 Å². The quantitative estimate of drug-likeness (QED) is 0.654. The van der Waals surface area contributed by atoms with Gasteiger partial charge in [0.2, 0.25) is 0 Å². The van der Waals surface area contributed by atoms with E-state index < -0.39 is 17.6 Å². The van der Waals surface area contributed by atoms with Crippen LogP contribution in [0.4, 0.5) is 17.6 Å². The van der Waals surface area contributed by atoms with E-state index in [1.807, 2.05) is 11.6 Å². The van der Waals surface area contributed by atoms with Gasteiger partial charge in [-0.2, -0.15) is 13.2 Å². The Morgan fingerprint density at radius 2 is 1.96 bits per heavy atom. The van der Waals surface area contributed by atoms with Gasteiger partial charge in [0.25, 0.3) is 0 Å². The topological polar surface area (TPSA) is 42.7 Å². The van der Waals surface area contributed by atoms with E-state index in [-0.39, 0.29) is 11.3 Å². The number of nitrogens with zero attached hydrogens (tertiary/aromatic N) is 3. The molecule has 9 heteroatoms. The zero-order valence-electron chi connectivity index (χ0n) is 13.6. The number of rotatable bonds is 4. The van der Waals surface area contributed by atoms with Gasteiger partial charge in [-0.25, -0.2) is 4.39 Å². The maximum absolute atomic E-state index is 13.9. The second-order valence-corrected chi connectivity index (χ2v) is 6.96. The first-order valence-electron chi connectivity index (χ1n) is 7.94. The molecule has 0 radical (unpaired) electrons. The van der Waals surface area contributed by atoms with E-state index in [0.29, 0.717) is 17.1 Å². The van der Waals surface area contributed by atoms with E-state index in [2.05, 4.69) is 15.5 Å². The van der Waals surface area contributed by atoms with Crippen molar-refractivity contribution in [3.05, 3.63) is 41.0 Å². The van der Waals surface area contributed by atoms with Crippen molar-refractivity contribution in [2.24, 2.45) is 7.05 Å². The Hall–Kier alpha value is -1.61. The maximum atomic E-state index is 13.9. The highest BCUT2D eigenvalue weighted by Gasteiger charge is 2.31. The summed E-state index contributed by atoms with van der Waals surface area (Å²) in [5.41, 5.74) is -0.769. The predicted octanol–water partition coefficient (Wildman–Crippen LogP) is 3.73. The SMILES string of the molecule is Cn1c(SCc2ccc(C(F)(F)F)cc2F)nnc1C1CCNCC1. The standard InChI is InChI=1S/C16H18F4N4S/c1-24-14(10-4-6-21-7-5-10)22-23-15(24)25-9-11-2-3-12(8-13(11)17)16(18,19)20/h2-3,8,10,21H,4-7,9H2,1H3. The van der Waals surface area contributed by atoms with Gasteiger partial charge in [-0.1, -0.05) is 17.8 Å². The third kappa shape index (κ3) is 4.14. The second-order valence-electron chi connectivity index (χ2n) is 6.02. The zero-order chi connectivity index (χ0) is 18.0. The molecule has 0 atom stereocenters. The Balaban J connectivity index is 1.69. The summed E-state index contributed by atoms with van der Waals surface area (Å²) in [4.78, 5) is 0. The number of piperidine rings is 1. The summed E-state index contributed by atoms with van der Waals surface area (Å²) in [7, 11) is 1.86. The second kappa shape index (κ2) is 7.33. The molecule has 0 unspecified atom stereocenters. The number of aromatic nitrogens is 3. The molecule has 3 rings (SSSR count). The van der Waals surface area contributed by atoms with Crippen molar-refractivity contribution in [3.63, 3.8) is 0 Å². The van der Waals surface area contributed by atoms with Crippen molar-refractivity contribution in [1.29, 1.82) is 0 Å². The monoisotopic (exact) mass is 374 g/mol. The molecule has 0 amide bonds. The molecule has 4 nitrogen and oxygen atoms in total. The van der Waals surface area contributed by atoms with Gasteiger partial charge >= 0.3 is 6.18 Å². The number of nitrogens with one attached hydrogen (secondary N) is 1. The van der Waals surface area contributed by atoms with Gasteiger partial charge in [-0.15, -0.1) is 10.2 Å². The fourth-order valence-electron chi connectivity index (χ4n) is 2.87. The van der Waals surface area contributed by atoms with Crippen molar-refractivity contribution in [1.82, 2.24) is 20.1 Å². The van der Waals surface area contributed by atoms with Crippen molar-refractivity contribution in [2.45, 2.75) is 35.8 Å². The van der Waals surface area contributed by atoms with E-state index >= 15 is 0 Å². The van der Waals surface area contributed by atoms with Gasteiger partial charge < -0.3 is 9.88 Å². The summed E-state index contributed by atoms with van der Waals surface area (Å²) in [6, 6.07) is 2.61. The van der Waals surface area contributed by atoms with Crippen LogP contribution in [0.1, 0.15) is 35.7 Å². The Morgan fingerprint density at radius 1 is 1.24 bits per heavy atom. The number of thioether (sulfide) groups is 1. The molecule has 1 aliphatic rings. The normalized spacial score (nSPS) is 16.4. The fraction of sp³-hybridized carbons (Fsp3) is 0.500. The minimum absolute atomic E-state index is 0.197. The molecule has 1 N–H and O–H groups in total. The maximum Gasteiger partial charge on any atom is 0.416 e. The van der Waals surface area contributed by atoms with E-state index in [1.165, 1.54) is 17.8 Å². The number of hydrogen-bond donors (Lipinski definition) is 1. The van der Waals surface area contributed by atoms with Crippen LogP contribution in [0, 0.1) is 5.82 Å². The fourth-order valence-corrected chi connectivity index (χ4v) is 3.77. The first-order valence-corrected chi connectivity index (χ1v) is 8.93. The van der Waals surface area contributed by atoms with Crippen LogP contribution in [0.5, 0.6) is 0 Å². The van der Waals surface area contributed by atoms with E-state index in [4.69, 9.17) is 0 Å². The van der Waals surface area contributed by atoms with Crippen LogP contribution in [-0.4, -0.2) is 27.9 Å². The van der Waals surface area contributed by atoms with Gasteiger partial charge in [0.05, 0.1) is 5.56 Å². The lowest BCUT2D eigenvalue weighted by molar-refractivity contribution is -0.137. The average molecular weight is 374 g/mol. The lowest BCUT2D eigenvalue weighted by Gasteiger charge is -2.21. The molecular formula is C16H18F4N4S. The summed E-state index contributed by atoms with van der Waals surface area (Å²) in [5, 5.41) is 12.3. The molecule has 25 heavy (non-hydrogen) atoms. The van der Waals surface area contributed by atoms with Gasteiger partial charge in [0, 0.05) is 18.7 Å². The molecular weight excluding hydrogens is 356 g/mol. The minimum atomic E-state index is -4.54. The van der Waals surface area contributed by atoms with E-state index in [9.17, 15) is 17.6 Å². The van der Waals surface area contributed by atoms with Crippen LogP contribution >= 0.6 is 11.8 Å². The molecule has 0 spiro atoms. The van der Waals surface area contributed by atoms with Gasteiger partial charge in [-0.3, -0.25) is 0 Å². The Labute approximate surface area is 147 Å². The summed E-state index contributed by atoms with van der Waals surface area (Å²) >= 11 is 1.26. The summed E-state index contributed by atoms with van der Waals surface area (Å²) in [6.07, 6.45) is -2.56. The van der Waals surface area contributed by atoms with Gasteiger partial charge in [-0.05, 0) is 43.6 Å². The lowest BCUT2D eigenvalue weighted by Crippen LogP contribution is -2.27. The largest absolute Gasteiger partial charge is 0.416 e. The number of hydrogen-bond acceptors (Lipinski definition) is 4. The zero-order valence-corrected chi connectivity index (χ0v) is 14.4. The highest BCUT2D eigenvalue weighted by molar-refractivity contribution is 7.98. The average Bonchev–Trinajstić information content (AvgIpc) is 2.94. The smallest absolute Gasteiger partial charge is 0.317 e. The predicted molar refractivity (Wildman–Crippen MR) is 86.8 cm³/mol. The van der Waals surface area contributed by atoms with E-state index in [1.54, 1.807) is 0 Å². The molecule has 0 aliphatic carbocycles. The number of alkyl halides is 3. The minimum Gasteiger partial charge on any atom is -0.317 e. The van der Waals surface area contributed by atoms with Crippen LogP contribution in [0.15, 0.2) is 23.4 Å². The van der Waals surface area contributed by atoms with Gasteiger partial charge in [0.1, 0.15) is 11.6 Å². The highest BCUT2D eigenvalue weighted by atomic mass is 32.2. The first kappa shape index (κ1) is 18.2. The molecule has 2 heterocycles. The molecule has 1 aromatic heterocycles. The number of benzene rings is 1. The highest BCUT2D eigenvalue weighted by Crippen LogP contribution is 2.32. The molecule has 1 saturated heterocycles. The summed E-state index contributed by atoms with van der Waals surface area (Å²) < 4.78 is 53.6. The molecule has 0 bridgehead atoms. The van der Waals surface area contributed by atoms with Crippen molar-refractivity contribution >= 4 is 11.8 Å². The Morgan fingerprint density at radius 3 is 2.60 bits per heavy atom. The summed E-state index contributed by atoms with van der Waals surface area (Å²) in [5.74, 6) is 0.582. The molecule has 136 valence electrons. The molecule has 1 aliphatic heterocycles. The molecule has 0 saturated carbocycles. The lowest BCUT2D eigenvalue weighted by atomic mass is 9.97. The molecule has 1 aromatic carbocycles. The van der Waals surface area contributed by atoms with Crippen LogP contribution in [0.25, 0.3) is 0 Å². The van der Waals surface area contributed by atoms with Crippen molar-refractivity contribution in [2.75, 3.05) is 13.1 Å². The molecule has 2 aromatic rings. The summed E-state index contributed by atoms with van der Waals surface area (Å²) in [6.45, 7) is 1.88. The van der Waals surface area contributed by atoms with E-state index in [0.717, 1.165) is 37.8 Å². The Kier molecular flexibility index (Phi) is 5.33. The number of halogens is 4. The van der Waals surface area contributed by atoms with Crippen LogP contribution in [0.3, 0.4) is 0 Å². The van der Waals surface area contributed by atoms with Crippen molar-refractivity contribution < 1.29 is 17.6 Å². The Bertz CT molecular complexity index is 738. The van der Waals surface area contributed by atoms with Crippen LogP contribution in [-0.2, 0) is 19.0 Å². The third-order valence-electron chi connectivity index (χ3n) is 4.31. The third-order valence-corrected chi connectivity index (χ3v) is 5.38. The molecule has 1 fully saturated rings. The van der Waals surface area contributed by atoms with Crippen molar-refractivity contribution in [3.8, 4) is 0 Å². The van der Waals surface area contributed by atoms with Crippen LogP contribution < -0.4 is 5.32 Å².